The zero-order valence-electron chi connectivity index (χ0n) is 19.2. The zero-order chi connectivity index (χ0) is 24.0. The maximum atomic E-state index is 13.5. The molecule has 4 heterocycles. The molecule has 7 nitrogen and oxygen atoms in total. The number of amides is 1. The van der Waals surface area contributed by atoms with E-state index in [-0.39, 0.29) is 11.9 Å². The number of hydrogen-bond acceptors (Lipinski definition) is 4. The maximum absolute atomic E-state index is 13.5. The highest BCUT2D eigenvalue weighted by molar-refractivity contribution is 5.95. The van der Waals surface area contributed by atoms with E-state index < -0.39 is 13.0 Å². The van der Waals surface area contributed by atoms with Crippen molar-refractivity contribution < 1.29 is 18.3 Å². The number of halogens is 2. The lowest BCUT2D eigenvalue weighted by Gasteiger charge is -2.30. The molecular weight excluding hydrogens is 440 g/mol. The van der Waals surface area contributed by atoms with Crippen molar-refractivity contribution in [2.75, 3.05) is 20.2 Å². The Labute approximate surface area is 195 Å². The molecule has 1 aliphatic rings. The Balaban J connectivity index is 1.59. The van der Waals surface area contributed by atoms with Gasteiger partial charge in [-0.15, -0.1) is 0 Å². The number of likely N-dealkylation sites (tertiary alicyclic amines) is 1. The van der Waals surface area contributed by atoms with E-state index in [9.17, 15) is 13.6 Å². The molecule has 0 aliphatic carbocycles. The topological polar surface area (TPSA) is 77.8 Å². The summed E-state index contributed by atoms with van der Waals surface area (Å²) in [5.41, 5.74) is 9.83. The van der Waals surface area contributed by atoms with E-state index in [4.69, 9.17) is 15.5 Å². The van der Waals surface area contributed by atoms with E-state index in [1.807, 2.05) is 23.5 Å². The van der Waals surface area contributed by atoms with Crippen LogP contribution in [-0.4, -0.2) is 57.4 Å². The van der Waals surface area contributed by atoms with Crippen LogP contribution in [-0.2, 0) is 6.54 Å². The number of imidazole rings is 1. The Morgan fingerprint density at radius 2 is 2.09 bits per heavy atom. The van der Waals surface area contributed by atoms with Crippen LogP contribution >= 0.6 is 0 Å². The van der Waals surface area contributed by atoms with Crippen molar-refractivity contribution in [3.05, 3.63) is 53.9 Å². The Kier molecular flexibility index (Phi) is 5.73. The molecule has 1 amide bonds. The number of alkyl halides is 2. The van der Waals surface area contributed by atoms with Gasteiger partial charge in [0.25, 0.3) is 12.3 Å². The van der Waals surface area contributed by atoms with Gasteiger partial charge >= 0.3 is 0 Å². The predicted molar refractivity (Wildman–Crippen MR) is 127 cm³/mol. The second-order valence-corrected chi connectivity index (χ2v) is 8.80. The summed E-state index contributed by atoms with van der Waals surface area (Å²) in [6, 6.07) is 10.8. The molecule has 1 atom stereocenters. The third-order valence-corrected chi connectivity index (χ3v) is 6.53. The molecule has 178 valence electrons. The highest BCUT2D eigenvalue weighted by Gasteiger charge is 2.24. The minimum absolute atomic E-state index is 0.00270. The highest BCUT2D eigenvalue weighted by atomic mass is 19.3. The van der Waals surface area contributed by atoms with Crippen molar-refractivity contribution in [1.29, 1.82) is 0 Å². The van der Waals surface area contributed by atoms with Crippen LogP contribution < -0.4 is 10.5 Å². The summed E-state index contributed by atoms with van der Waals surface area (Å²) < 4.78 is 35.8. The average molecular weight is 468 g/mol. The van der Waals surface area contributed by atoms with Crippen LogP contribution in [0.4, 0.5) is 8.78 Å². The minimum atomic E-state index is -2.53. The molecule has 0 bridgehead atoms. The Morgan fingerprint density at radius 3 is 2.82 bits per heavy atom. The molecule has 5 rings (SSSR count). The van der Waals surface area contributed by atoms with Gasteiger partial charge < -0.3 is 24.3 Å². The van der Waals surface area contributed by atoms with Crippen LogP contribution in [0.5, 0.6) is 5.75 Å². The van der Waals surface area contributed by atoms with Crippen LogP contribution in [0.3, 0.4) is 0 Å². The summed E-state index contributed by atoms with van der Waals surface area (Å²) in [5, 5.41) is 0.824. The number of piperidine rings is 1. The Morgan fingerprint density at radius 1 is 1.26 bits per heavy atom. The van der Waals surface area contributed by atoms with Crippen LogP contribution in [0.1, 0.15) is 28.9 Å². The monoisotopic (exact) mass is 467 g/mol. The first-order chi connectivity index (χ1) is 16.4. The van der Waals surface area contributed by atoms with Gasteiger partial charge in [-0.1, -0.05) is 0 Å². The van der Waals surface area contributed by atoms with E-state index in [1.54, 1.807) is 47.0 Å². The fourth-order valence-electron chi connectivity index (χ4n) is 4.81. The summed E-state index contributed by atoms with van der Waals surface area (Å²) in [7, 11) is 1.55. The second-order valence-electron chi connectivity index (χ2n) is 8.80. The third kappa shape index (κ3) is 3.90. The molecule has 2 N–H and O–H groups in total. The third-order valence-electron chi connectivity index (χ3n) is 6.53. The molecule has 0 saturated carbocycles. The lowest BCUT2D eigenvalue weighted by atomic mass is 10.1. The van der Waals surface area contributed by atoms with Crippen molar-refractivity contribution >= 4 is 22.5 Å². The summed E-state index contributed by atoms with van der Waals surface area (Å²) in [6.07, 6.45) is 1.09. The van der Waals surface area contributed by atoms with Crippen molar-refractivity contribution in [3.8, 4) is 17.1 Å². The van der Waals surface area contributed by atoms with E-state index in [2.05, 4.69) is 0 Å². The largest absolute Gasteiger partial charge is 0.497 e. The smallest absolute Gasteiger partial charge is 0.256 e. The number of fused-ring (bicyclic) bond motifs is 2. The van der Waals surface area contributed by atoms with Crippen molar-refractivity contribution in [2.45, 2.75) is 38.8 Å². The summed E-state index contributed by atoms with van der Waals surface area (Å²) in [5.74, 6) is 0.527. The summed E-state index contributed by atoms with van der Waals surface area (Å²) in [4.78, 5) is 19.6. The lowest BCUT2D eigenvalue weighted by Crippen LogP contribution is -2.45. The van der Waals surface area contributed by atoms with Crippen LogP contribution in [0.25, 0.3) is 27.9 Å². The molecule has 1 aliphatic heterocycles. The molecular formula is C25H27F2N5O2. The van der Waals surface area contributed by atoms with E-state index in [0.717, 1.165) is 23.9 Å². The number of pyridine rings is 1. The van der Waals surface area contributed by atoms with Gasteiger partial charge in [0.15, 0.2) is 0 Å². The first-order valence-electron chi connectivity index (χ1n) is 11.3. The van der Waals surface area contributed by atoms with Crippen LogP contribution in [0.2, 0.25) is 0 Å². The number of aromatic nitrogens is 3. The second kappa shape index (κ2) is 8.72. The van der Waals surface area contributed by atoms with E-state index in [1.165, 1.54) is 0 Å². The molecule has 0 spiro atoms. The number of aryl methyl sites for hydroxylation is 1. The number of rotatable bonds is 5. The van der Waals surface area contributed by atoms with Gasteiger partial charge in [-0.05, 0) is 50.1 Å². The van der Waals surface area contributed by atoms with Crippen molar-refractivity contribution in [3.63, 3.8) is 0 Å². The van der Waals surface area contributed by atoms with Gasteiger partial charge in [0, 0.05) is 48.0 Å². The molecule has 1 fully saturated rings. The SMILES string of the molecule is COc1ccc2cc(-c3nc4cc(C(=O)N5CCCC(N)C5)ccn4c3C)n(CC(F)F)c2c1. The van der Waals surface area contributed by atoms with Crippen molar-refractivity contribution in [1.82, 2.24) is 18.9 Å². The normalized spacial score (nSPS) is 16.6. The number of carbonyl (C=O) groups is 1. The molecule has 3 aromatic heterocycles. The van der Waals surface area contributed by atoms with Gasteiger partial charge in [0.05, 0.1) is 24.9 Å². The number of methoxy groups -OCH3 is 1. The van der Waals surface area contributed by atoms with Gasteiger partial charge in [0.2, 0.25) is 0 Å². The first-order valence-corrected chi connectivity index (χ1v) is 11.3. The molecule has 0 radical (unpaired) electrons. The standard InChI is InChI=1S/C25H27F2N5O2/c1-15-24(21-10-16-5-6-19(34-2)12-20(16)32(21)14-22(26)27)29-23-11-17(7-9-31(15)23)25(33)30-8-3-4-18(28)13-30/h5-7,9-12,18,22H,3-4,8,13-14,28H2,1-2H3. The molecule has 1 aromatic carbocycles. The fourth-order valence-corrected chi connectivity index (χ4v) is 4.81. The quantitative estimate of drug-likeness (QED) is 0.479. The number of nitrogens with zero attached hydrogens (tertiary/aromatic N) is 4. The summed E-state index contributed by atoms with van der Waals surface area (Å²) in [6.45, 7) is 2.66. The number of ether oxygens (including phenoxy) is 1. The molecule has 9 heteroatoms. The van der Waals surface area contributed by atoms with Gasteiger partial charge in [0.1, 0.15) is 17.1 Å². The van der Waals surface area contributed by atoms with Crippen LogP contribution in [0, 0.1) is 6.92 Å². The summed E-state index contributed by atoms with van der Waals surface area (Å²) >= 11 is 0. The number of carbonyl (C=O) groups excluding carboxylic acids is 1. The Hall–Kier alpha value is -3.46. The fraction of sp³-hybridized carbons (Fsp3) is 0.360. The molecule has 1 saturated heterocycles. The van der Waals surface area contributed by atoms with Crippen LogP contribution in [0.15, 0.2) is 42.6 Å². The Bertz CT molecular complexity index is 1380. The number of benzene rings is 1. The molecule has 34 heavy (non-hydrogen) atoms. The van der Waals surface area contributed by atoms with Gasteiger partial charge in [-0.25, -0.2) is 13.8 Å². The molecule has 1 unspecified atom stereocenters. The van der Waals surface area contributed by atoms with E-state index in [0.29, 0.717) is 47.0 Å². The molecule has 4 aromatic rings. The van der Waals surface area contributed by atoms with Crippen molar-refractivity contribution in [2.24, 2.45) is 5.73 Å². The predicted octanol–water partition coefficient (Wildman–Crippen LogP) is 4.10. The first kappa shape index (κ1) is 22.3. The lowest BCUT2D eigenvalue weighted by molar-refractivity contribution is 0.0708. The number of nitrogens with two attached hydrogens (primary N) is 1. The van der Waals surface area contributed by atoms with Gasteiger partial charge in [-0.3, -0.25) is 4.79 Å². The minimum Gasteiger partial charge on any atom is -0.497 e. The number of hydrogen-bond donors (Lipinski definition) is 1. The average Bonchev–Trinajstić information content (AvgIpc) is 3.34. The maximum Gasteiger partial charge on any atom is 0.256 e. The zero-order valence-corrected chi connectivity index (χ0v) is 19.2. The van der Waals surface area contributed by atoms with E-state index >= 15 is 0 Å². The van der Waals surface area contributed by atoms with Gasteiger partial charge in [-0.2, -0.15) is 0 Å². The highest BCUT2D eigenvalue weighted by Crippen LogP contribution is 2.33.